The van der Waals surface area contributed by atoms with Crippen LogP contribution in [0, 0.1) is 11.3 Å². The zero-order chi connectivity index (χ0) is 13.0. The number of carbonyl (C=O) groups is 1. The minimum absolute atomic E-state index is 0.273. The summed E-state index contributed by atoms with van der Waals surface area (Å²) in [6.07, 6.45) is 6.67. The van der Waals surface area contributed by atoms with Crippen LogP contribution in [0.15, 0.2) is 29.9 Å². The van der Waals surface area contributed by atoms with Crippen LogP contribution in [0.25, 0.3) is 12.2 Å². The smallest absolute Gasteiger partial charge is 0.336 e. The Kier molecular flexibility index (Phi) is 3.51. The Balaban J connectivity index is 2.25. The van der Waals surface area contributed by atoms with Gasteiger partial charge < -0.3 is 5.11 Å². The van der Waals surface area contributed by atoms with Crippen molar-refractivity contribution in [3.8, 4) is 6.07 Å². The molecule has 0 radical (unpaired) electrons. The van der Waals surface area contributed by atoms with Crippen molar-refractivity contribution in [2.75, 3.05) is 0 Å². The van der Waals surface area contributed by atoms with Crippen molar-refractivity contribution >= 4 is 29.5 Å². The Bertz CT molecular complexity index is 653. The maximum Gasteiger partial charge on any atom is 0.336 e. The third-order valence-electron chi connectivity index (χ3n) is 2.27. The fraction of sp³-hybridized carbons (Fsp3) is 0. The van der Waals surface area contributed by atoms with Crippen molar-refractivity contribution in [1.82, 2.24) is 4.98 Å². The number of pyridine rings is 1. The van der Waals surface area contributed by atoms with Crippen LogP contribution in [0.4, 0.5) is 0 Å². The SMILES string of the molecule is N#Cc1cnccc1/C=C/c1cc(C(=O)O)cs1. The average Bonchev–Trinajstić information content (AvgIpc) is 2.85. The van der Waals surface area contributed by atoms with Gasteiger partial charge in [-0.15, -0.1) is 11.3 Å². The third kappa shape index (κ3) is 2.62. The lowest BCUT2D eigenvalue weighted by atomic mass is 10.1. The Labute approximate surface area is 107 Å². The molecule has 0 fully saturated rings. The third-order valence-corrected chi connectivity index (χ3v) is 3.17. The summed E-state index contributed by atoms with van der Waals surface area (Å²) in [6.45, 7) is 0. The number of hydrogen-bond acceptors (Lipinski definition) is 4. The molecule has 18 heavy (non-hydrogen) atoms. The van der Waals surface area contributed by atoms with Gasteiger partial charge in [-0.25, -0.2) is 4.79 Å². The van der Waals surface area contributed by atoms with Gasteiger partial charge in [-0.05, 0) is 23.8 Å². The minimum Gasteiger partial charge on any atom is -0.478 e. The number of aromatic nitrogens is 1. The van der Waals surface area contributed by atoms with Crippen LogP contribution in [0.2, 0.25) is 0 Å². The molecule has 1 N–H and O–H groups in total. The second kappa shape index (κ2) is 5.25. The van der Waals surface area contributed by atoms with Crippen LogP contribution < -0.4 is 0 Å². The van der Waals surface area contributed by atoms with E-state index in [9.17, 15) is 4.79 Å². The van der Waals surface area contributed by atoms with E-state index < -0.39 is 5.97 Å². The van der Waals surface area contributed by atoms with Gasteiger partial charge in [0.05, 0.1) is 11.1 Å². The van der Waals surface area contributed by atoms with Crippen LogP contribution in [-0.2, 0) is 0 Å². The number of rotatable bonds is 3. The van der Waals surface area contributed by atoms with Crippen LogP contribution in [0.1, 0.15) is 26.4 Å². The predicted molar refractivity (Wildman–Crippen MR) is 69.2 cm³/mol. The molecule has 0 aliphatic heterocycles. The number of carboxylic acids is 1. The van der Waals surface area contributed by atoms with Crippen molar-refractivity contribution in [2.24, 2.45) is 0 Å². The lowest BCUT2D eigenvalue weighted by Crippen LogP contribution is -1.91. The Morgan fingerprint density at radius 2 is 2.33 bits per heavy atom. The number of nitriles is 1. The van der Waals surface area contributed by atoms with Gasteiger partial charge in [0.15, 0.2) is 0 Å². The highest BCUT2D eigenvalue weighted by molar-refractivity contribution is 7.11. The van der Waals surface area contributed by atoms with Gasteiger partial charge in [0.25, 0.3) is 0 Å². The second-order valence-corrected chi connectivity index (χ2v) is 4.39. The average molecular weight is 256 g/mol. The summed E-state index contributed by atoms with van der Waals surface area (Å²) in [4.78, 5) is 15.4. The lowest BCUT2D eigenvalue weighted by molar-refractivity contribution is 0.0697. The van der Waals surface area contributed by atoms with E-state index in [-0.39, 0.29) is 5.56 Å². The zero-order valence-electron chi connectivity index (χ0n) is 9.20. The zero-order valence-corrected chi connectivity index (χ0v) is 10.0. The largest absolute Gasteiger partial charge is 0.478 e. The predicted octanol–water partition coefficient (Wildman–Crippen LogP) is 2.88. The van der Waals surface area contributed by atoms with E-state index in [1.165, 1.54) is 17.5 Å². The first-order valence-electron chi connectivity index (χ1n) is 5.04. The maximum atomic E-state index is 10.7. The lowest BCUT2D eigenvalue weighted by Gasteiger charge is -1.94. The van der Waals surface area contributed by atoms with E-state index in [1.54, 1.807) is 35.9 Å². The van der Waals surface area contributed by atoms with E-state index in [1.807, 2.05) is 0 Å². The van der Waals surface area contributed by atoms with Crippen LogP contribution in [0.5, 0.6) is 0 Å². The quantitative estimate of drug-likeness (QED) is 0.916. The molecule has 2 heterocycles. The molecule has 0 amide bonds. The Morgan fingerprint density at radius 1 is 1.50 bits per heavy atom. The van der Waals surface area contributed by atoms with Gasteiger partial charge in [0.2, 0.25) is 0 Å². The number of hydrogen-bond donors (Lipinski definition) is 1. The summed E-state index contributed by atoms with van der Waals surface area (Å²) in [5.41, 5.74) is 1.52. The molecule has 0 aliphatic carbocycles. The standard InChI is InChI=1S/C13H8N2O2S/c14-6-11-7-15-4-3-9(11)1-2-12-5-10(8-18-12)13(16)17/h1-5,7-8H,(H,16,17)/b2-1+. The molecule has 5 heteroatoms. The summed E-state index contributed by atoms with van der Waals surface area (Å²) in [5, 5.41) is 19.3. The van der Waals surface area contributed by atoms with Gasteiger partial charge in [-0.2, -0.15) is 5.26 Å². The molecule has 88 valence electrons. The molecule has 2 aromatic heterocycles. The summed E-state index contributed by atoms with van der Waals surface area (Å²) >= 11 is 1.34. The van der Waals surface area contributed by atoms with Crippen LogP contribution in [0.3, 0.4) is 0 Å². The number of carboxylic acid groups (broad SMARTS) is 1. The van der Waals surface area contributed by atoms with Crippen molar-refractivity contribution in [3.63, 3.8) is 0 Å². The van der Waals surface area contributed by atoms with Crippen molar-refractivity contribution < 1.29 is 9.90 Å². The molecule has 2 rings (SSSR count). The first kappa shape index (κ1) is 12.0. The first-order valence-corrected chi connectivity index (χ1v) is 5.92. The van der Waals surface area contributed by atoms with Gasteiger partial charge >= 0.3 is 5.97 Å². The van der Waals surface area contributed by atoms with Crippen LogP contribution >= 0.6 is 11.3 Å². The van der Waals surface area contributed by atoms with Gasteiger partial charge in [0.1, 0.15) is 6.07 Å². The topological polar surface area (TPSA) is 74.0 Å². The van der Waals surface area contributed by atoms with Crippen molar-refractivity contribution in [2.45, 2.75) is 0 Å². The first-order chi connectivity index (χ1) is 8.70. The van der Waals surface area contributed by atoms with Crippen LogP contribution in [-0.4, -0.2) is 16.1 Å². The van der Waals surface area contributed by atoms with Gasteiger partial charge in [-0.3, -0.25) is 4.98 Å². The molecule has 0 unspecified atom stereocenters. The van der Waals surface area contributed by atoms with E-state index in [0.29, 0.717) is 5.56 Å². The fourth-order valence-corrected chi connectivity index (χ4v) is 2.14. The molecule has 4 nitrogen and oxygen atoms in total. The summed E-state index contributed by atoms with van der Waals surface area (Å²) in [5.74, 6) is -0.937. The molecule has 2 aromatic rings. The Morgan fingerprint density at radius 3 is 3.00 bits per heavy atom. The molecule has 0 aliphatic rings. The fourth-order valence-electron chi connectivity index (χ4n) is 1.37. The highest BCUT2D eigenvalue weighted by atomic mass is 32.1. The highest BCUT2D eigenvalue weighted by Crippen LogP contribution is 2.18. The van der Waals surface area contributed by atoms with E-state index in [2.05, 4.69) is 11.1 Å². The maximum absolute atomic E-state index is 10.7. The normalized spacial score (nSPS) is 10.4. The molecule has 0 atom stereocenters. The summed E-state index contributed by atoms with van der Waals surface area (Å²) in [6, 6.07) is 5.38. The molecular formula is C13H8N2O2S. The van der Waals surface area contributed by atoms with Crippen molar-refractivity contribution in [3.05, 3.63) is 51.5 Å². The highest BCUT2D eigenvalue weighted by Gasteiger charge is 2.04. The van der Waals surface area contributed by atoms with E-state index >= 15 is 0 Å². The van der Waals surface area contributed by atoms with E-state index in [4.69, 9.17) is 10.4 Å². The van der Waals surface area contributed by atoms with E-state index in [0.717, 1.165) is 10.4 Å². The Hall–Kier alpha value is -2.45. The number of nitrogens with zero attached hydrogens (tertiary/aromatic N) is 2. The molecule has 0 saturated heterocycles. The van der Waals surface area contributed by atoms with Gasteiger partial charge in [-0.1, -0.05) is 6.08 Å². The molecular weight excluding hydrogens is 248 g/mol. The summed E-state index contributed by atoms with van der Waals surface area (Å²) in [7, 11) is 0. The van der Waals surface area contributed by atoms with Gasteiger partial charge in [0, 0.05) is 22.7 Å². The van der Waals surface area contributed by atoms with Crippen molar-refractivity contribution in [1.29, 1.82) is 5.26 Å². The summed E-state index contributed by atoms with van der Waals surface area (Å²) < 4.78 is 0. The monoisotopic (exact) mass is 256 g/mol. The second-order valence-electron chi connectivity index (χ2n) is 3.45. The number of thiophene rings is 1. The molecule has 0 aromatic carbocycles. The number of aromatic carboxylic acids is 1. The minimum atomic E-state index is -0.937. The molecule has 0 saturated carbocycles. The molecule has 0 spiro atoms. The molecule has 0 bridgehead atoms.